The number of rotatable bonds is 6. The first kappa shape index (κ1) is 23.8. The number of nitrogens with zero attached hydrogens (tertiary/aromatic N) is 3. The van der Waals surface area contributed by atoms with Gasteiger partial charge in [-0.05, 0) is 26.2 Å². The molecule has 0 radical (unpaired) electrons. The Kier molecular flexibility index (Phi) is 6.61. The molecule has 4 aliphatic heterocycles. The van der Waals surface area contributed by atoms with Crippen molar-refractivity contribution < 1.29 is 24.6 Å². The van der Waals surface area contributed by atoms with Gasteiger partial charge in [0.1, 0.15) is 5.70 Å². The number of carboxylic acids is 1. The number of guanidine groups is 1. The molecule has 182 valence electrons. The van der Waals surface area contributed by atoms with E-state index in [0.29, 0.717) is 31.0 Å². The number of carboxylic acid groups (broad SMARTS) is 1. The number of thioether (sulfide) groups is 1. The van der Waals surface area contributed by atoms with E-state index in [1.807, 2.05) is 11.8 Å². The van der Waals surface area contributed by atoms with E-state index in [1.165, 1.54) is 16.7 Å². The van der Waals surface area contributed by atoms with Crippen molar-refractivity contribution in [1.82, 2.24) is 15.1 Å². The van der Waals surface area contributed by atoms with Crippen LogP contribution in [0, 0.1) is 11.8 Å². The van der Waals surface area contributed by atoms with Crippen LogP contribution in [0.3, 0.4) is 0 Å². The number of aliphatic hydroxyl groups is 1. The Bertz CT molecular complexity index is 896. The lowest BCUT2D eigenvalue weighted by Crippen LogP contribution is -2.63. The predicted octanol–water partition coefficient (Wildman–Crippen LogP) is -1.13. The van der Waals surface area contributed by atoms with E-state index >= 15 is 0 Å². The van der Waals surface area contributed by atoms with Crippen molar-refractivity contribution in [1.29, 1.82) is 0 Å². The molecule has 3 fully saturated rings. The lowest BCUT2D eigenvalue weighted by molar-refractivity contribution is -0.163. The van der Waals surface area contributed by atoms with Gasteiger partial charge in [0.15, 0.2) is 5.96 Å². The number of hydrogen-bond donors (Lipinski definition) is 5. The molecule has 11 nitrogen and oxygen atoms in total. The smallest absolute Gasteiger partial charge is 0.353 e. The van der Waals surface area contributed by atoms with Crippen LogP contribution in [0.25, 0.3) is 0 Å². The number of piperidine rings is 1. The normalized spacial score (nSPS) is 33.1. The molecule has 2 amide bonds. The molecule has 6 atom stereocenters. The van der Waals surface area contributed by atoms with Crippen LogP contribution in [-0.2, 0) is 14.4 Å². The Morgan fingerprint density at radius 2 is 1.94 bits per heavy atom. The quantitative estimate of drug-likeness (QED) is 0.179. The lowest BCUT2D eigenvalue weighted by atomic mass is 9.79. The second-order valence-corrected chi connectivity index (χ2v) is 10.7. The van der Waals surface area contributed by atoms with Crippen molar-refractivity contribution in [2.45, 2.75) is 62.6 Å². The molecule has 4 rings (SSSR count). The number of aliphatic carboxylic acids is 1. The summed E-state index contributed by atoms with van der Waals surface area (Å²) in [5.41, 5.74) is 10.9. The zero-order chi connectivity index (χ0) is 24.0. The Labute approximate surface area is 196 Å². The Hall–Kier alpha value is -2.31. The van der Waals surface area contributed by atoms with Gasteiger partial charge in [-0.1, -0.05) is 6.92 Å². The number of aliphatic hydroxyl groups excluding tert-OH is 1. The topological polar surface area (TPSA) is 175 Å². The molecule has 0 bridgehead atoms. The number of hydrogen-bond acceptors (Lipinski definition) is 7. The van der Waals surface area contributed by atoms with Crippen molar-refractivity contribution in [3.8, 4) is 0 Å². The second kappa shape index (κ2) is 9.15. The van der Waals surface area contributed by atoms with Gasteiger partial charge in [0.05, 0.1) is 30.1 Å². The van der Waals surface area contributed by atoms with E-state index < -0.39 is 18.0 Å². The first-order valence-corrected chi connectivity index (χ1v) is 12.2. The molecule has 12 heteroatoms. The van der Waals surface area contributed by atoms with Crippen LogP contribution >= 0.6 is 11.8 Å². The standard InChI is InChI=1S/C21H32N6O5S/c1-9-15-14(10(2)28)19(30)27(15)16(20(31)32)17(9)33-12-7-13(24-8-12)18(29)26-5-3-11(4-6-26)25-21(22)23/h9-15,24,28H,3-8H2,1-2H3,(H,31,32)(H4,22,23,25)/t9-,10-,12+,13+,14-,15-/m1/s1. The fraction of sp³-hybridized carbons (Fsp3) is 0.714. The number of likely N-dealkylation sites (tertiary alicyclic amines) is 1. The summed E-state index contributed by atoms with van der Waals surface area (Å²) in [7, 11) is 0. The summed E-state index contributed by atoms with van der Waals surface area (Å²) in [6, 6.07) is -0.608. The maximum absolute atomic E-state index is 13.0. The maximum Gasteiger partial charge on any atom is 0.353 e. The molecule has 0 aromatic heterocycles. The number of carbonyl (C=O) groups excluding carboxylic acids is 2. The monoisotopic (exact) mass is 480 g/mol. The fourth-order valence-corrected chi connectivity index (χ4v) is 6.96. The highest BCUT2D eigenvalue weighted by molar-refractivity contribution is 8.03. The molecular weight excluding hydrogens is 448 g/mol. The van der Waals surface area contributed by atoms with Gasteiger partial charge in [-0.3, -0.25) is 14.6 Å². The Morgan fingerprint density at radius 1 is 1.27 bits per heavy atom. The van der Waals surface area contributed by atoms with Crippen LogP contribution in [0.5, 0.6) is 0 Å². The van der Waals surface area contributed by atoms with E-state index in [1.54, 1.807) is 6.92 Å². The van der Waals surface area contributed by atoms with Crippen molar-refractivity contribution in [3.05, 3.63) is 10.6 Å². The van der Waals surface area contributed by atoms with Crippen molar-refractivity contribution >= 4 is 35.5 Å². The number of nitrogens with two attached hydrogens (primary N) is 2. The van der Waals surface area contributed by atoms with Gasteiger partial charge < -0.3 is 36.8 Å². The molecule has 7 N–H and O–H groups in total. The van der Waals surface area contributed by atoms with E-state index in [-0.39, 0.29) is 52.8 Å². The SMILES string of the molecule is C[C@@H](O)[C@H]1C(=O)N2C(C(=O)O)=C(S[C@@H]3CN[C@H](C(=O)N4CCC(N=C(N)N)CC4)C3)[C@H](C)[C@H]12. The summed E-state index contributed by atoms with van der Waals surface area (Å²) in [5, 5.41) is 23.1. The largest absolute Gasteiger partial charge is 0.477 e. The molecule has 0 unspecified atom stereocenters. The highest BCUT2D eigenvalue weighted by Crippen LogP contribution is 2.51. The summed E-state index contributed by atoms with van der Waals surface area (Å²) in [6.45, 7) is 5.24. The van der Waals surface area contributed by atoms with Crippen LogP contribution in [0.4, 0.5) is 0 Å². The molecule has 0 spiro atoms. The van der Waals surface area contributed by atoms with Crippen molar-refractivity contribution in [2.24, 2.45) is 28.3 Å². The van der Waals surface area contributed by atoms with Gasteiger partial charge in [-0.15, -0.1) is 11.8 Å². The second-order valence-electron chi connectivity index (χ2n) is 9.32. The Balaban J connectivity index is 1.38. The van der Waals surface area contributed by atoms with Crippen LogP contribution in [0.1, 0.15) is 33.1 Å². The highest BCUT2D eigenvalue weighted by atomic mass is 32.2. The summed E-state index contributed by atoms with van der Waals surface area (Å²) < 4.78 is 0. The van der Waals surface area contributed by atoms with Crippen LogP contribution in [0.2, 0.25) is 0 Å². The minimum absolute atomic E-state index is 0.0173. The summed E-state index contributed by atoms with van der Waals surface area (Å²) in [4.78, 5) is 45.5. The van der Waals surface area contributed by atoms with Crippen molar-refractivity contribution in [2.75, 3.05) is 19.6 Å². The third kappa shape index (κ3) is 4.31. The van der Waals surface area contributed by atoms with Gasteiger partial charge >= 0.3 is 5.97 Å². The lowest BCUT2D eigenvalue weighted by Gasteiger charge is -2.46. The number of fused-ring (bicyclic) bond motifs is 1. The first-order valence-electron chi connectivity index (χ1n) is 11.4. The Morgan fingerprint density at radius 3 is 2.52 bits per heavy atom. The van der Waals surface area contributed by atoms with Gasteiger partial charge in [-0.25, -0.2) is 4.79 Å². The van der Waals surface area contributed by atoms with Crippen LogP contribution < -0.4 is 16.8 Å². The summed E-state index contributed by atoms with van der Waals surface area (Å²) in [6.07, 6.45) is 1.19. The maximum atomic E-state index is 13.0. The van der Waals surface area contributed by atoms with Gasteiger partial charge in [0.2, 0.25) is 11.8 Å². The molecule has 0 saturated carbocycles. The number of nitrogens with one attached hydrogen (secondary N) is 1. The van der Waals surface area contributed by atoms with Crippen molar-refractivity contribution in [3.63, 3.8) is 0 Å². The van der Waals surface area contributed by atoms with E-state index in [9.17, 15) is 24.6 Å². The first-order chi connectivity index (χ1) is 15.6. The predicted molar refractivity (Wildman–Crippen MR) is 123 cm³/mol. The molecule has 0 aliphatic carbocycles. The molecule has 33 heavy (non-hydrogen) atoms. The van der Waals surface area contributed by atoms with E-state index in [0.717, 1.165) is 12.8 Å². The zero-order valence-corrected chi connectivity index (χ0v) is 19.6. The number of carbonyl (C=O) groups is 3. The zero-order valence-electron chi connectivity index (χ0n) is 18.8. The molecule has 0 aromatic carbocycles. The molecular formula is C21H32N6O5S. The molecule has 3 saturated heterocycles. The average Bonchev–Trinajstić information content (AvgIpc) is 3.30. The number of β-lactam (4-membered cyclic amide) rings is 1. The van der Waals surface area contributed by atoms with E-state index in [2.05, 4.69) is 10.3 Å². The molecule has 0 aromatic rings. The summed E-state index contributed by atoms with van der Waals surface area (Å²) in [5.74, 6) is -2.11. The number of amides is 2. The third-order valence-electron chi connectivity index (χ3n) is 7.10. The average molecular weight is 481 g/mol. The van der Waals surface area contributed by atoms with Gasteiger partial charge in [-0.2, -0.15) is 0 Å². The van der Waals surface area contributed by atoms with Crippen LogP contribution in [0.15, 0.2) is 15.6 Å². The van der Waals surface area contributed by atoms with Gasteiger partial charge in [0.25, 0.3) is 0 Å². The highest BCUT2D eigenvalue weighted by Gasteiger charge is 2.60. The van der Waals surface area contributed by atoms with Gasteiger partial charge in [0, 0.05) is 35.7 Å². The minimum atomic E-state index is -1.13. The molecule has 4 heterocycles. The minimum Gasteiger partial charge on any atom is -0.477 e. The number of aliphatic imine (C=N–C) groups is 1. The fourth-order valence-electron chi connectivity index (χ4n) is 5.49. The van der Waals surface area contributed by atoms with Crippen LogP contribution in [-0.4, -0.2) is 92.9 Å². The summed E-state index contributed by atoms with van der Waals surface area (Å²) >= 11 is 1.44. The molecule has 4 aliphatic rings. The van der Waals surface area contributed by atoms with E-state index in [4.69, 9.17) is 11.5 Å². The third-order valence-corrected chi connectivity index (χ3v) is 8.61.